The summed E-state index contributed by atoms with van der Waals surface area (Å²) in [4.78, 5) is 14.2. The maximum Gasteiger partial charge on any atom is 0.241 e. The van der Waals surface area contributed by atoms with Crippen LogP contribution in [0.3, 0.4) is 0 Å². The lowest BCUT2D eigenvalue weighted by Gasteiger charge is -2.61. The molecule has 3 saturated carbocycles. The van der Waals surface area contributed by atoms with Gasteiger partial charge in [-0.2, -0.15) is 5.26 Å². The minimum absolute atomic E-state index is 0.0519. The molecule has 1 aromatic rings. The fourth-order valence-electron chi connectivity index (χ4n) is 5.22. The van der Waals surface area contributed by atoms with Gasteiger partial charge in [0.05, 0.1) is 17.5 Å². The molecule has 1 heterocycles. The molecule has 4 aliphatic rings. The first-order valence-corrected chi connectivity index (χ1v) is 11.5. The lowest BCUT2D eigenvalue weighted by Crippen LogP contribution is -2.73. The summed E-state index contributed by atoms with van der Waals surface area (Å²) in [6, 6.07) is 6.65. The van der Waals surface area contributed by atoms with Gasteiger partial charge in [-0.3, -0.25) is 4.79 Å². The number of sulfonamides is 1. The van der Waals surface area contributed by atoms with Crippen molar-refractivity contribution < 1.29 is 17.6 Å². The fourth-order valence-corrected chi connectivity index (χ4v) is 6.65. The molecule has 2 N–H and O–H groups in total. The number of hydrogen-bond acceptors (Lipinski definition) is 5. The zero-order chi connectivity index (χ0) is 20.7. The number of carbonyl (C=O) groups excluding carboxylic acids is 1. The molecule has 0 unspecified atom stereocenters. The highest BCUT2D eigenvalue weighted by atomic mass is 32.2. The average molecular weight is 421 g/mol. The Kier molecular flexibility index (Phi) is 5.13. The van der Waals surface area contributed by atoms with Crippen LogP contribution >= 0.6 is 0 Å². The predicted octanol–water partition coefficient (Wildman–Crippen LogP) is 1.66. The van der Waals surface area contributed by atoms with Crippen LogP contribution in [0.2, 0.25) is 0 Å². The van der Waals surface area contributed by atoms with Crippen molar-refractivity contribution in [1.82, 2.24) is 14.9 Å². The molecule has 9 heteroatoms. The van der Waals surface area contributed by atoms with Gasteiger partial charge >= 0.3 is 0 Å². The Morgan fingerprint density at radius 3 is 2.59 bits per heavy atom. The third-order valence-corrected chi connectivity index (χ3v) is 8.07. The first-order chi connectivity index (χ1) is 13.8. The van der Waals surface area contributed by atoms with E-state index in [1.807, 2.05) is 0 Å². The maximum absolute atomic E-state index is 13.1. The number of amides is 1. The Balaban J connectivity index is 1.37. The van der Waals surface area contributed by atoms with Gasteiger partial charge in [-0.1, -0.05) is 0 Å². The van der Waals surface area contributed by atoms with Crippen molar-refractivity contribution in [2.75, 3.05) is 13.1 Å². The van der Waals surface area contributed by atoms with Crippen LogP contribution in [-0.4, -0.2) is 49.4 Å². The standard InChI is InChI=1S/C20H25FN4O3S/c21-15-4-6-17(7-5-15)29(27,28)24-20-9-2-8-19(13-20,14-20)23-12-18(26)25-10-1-3-16(25)11-22/h4-7,16,23-24H,1-3,8-10,12-14H2/t16-,19?,20?/m0/s1. The van der Waals surface area contributed by atoms with Gasteiger partial charge in [-0.15, -0.1) is 0 Å². The lowest BCUT2D eigenvalue weighted by molar-refractivity contribution is -0.131. The summed E-state index contributed by atoms with van der Waals surface area (Å²) in [5, 5.41) is 12.5. The Bertz CT molecular complexity index is 935. The summed E-state index contributed by atoms with van der Waals surface area (Å²) in [5.41, 5.74) is -0.772. The second kappa shape index (κ2) is 7.35. The van der Waals surface area contributed by atoms with Gasteiger partial charge in [-0.05, 0) is 69.2 Å². The summed E-state index contributed by atoms with van der Waals surface area (Å²) in [6.07, 6.45) is 5.31. The van der Waals surface area contributed by atoms with Crippen LogP contribution < -0.4 is 10.0 Å². The quantitative estimate of drug-likeness (QED) is 0.729. The topological polar surface area (TPSA) is 102 Å². The molecule has 1 amide bonds. The van der Waals surface area contributed by atoms with Crippen LogP contribution in [0.5, 0.6) is 0 Å². The number of fused-ring (bicyclic) bond motifs is 2. The Labute approximate surface area is 170 Å². The average Bonchev–Trinajstić information content (AvgIpc) is 3.14. The van der Waals surface area contributed by atoms with Crippen molar-refractivity contribution in [1.29, 1.82) is 5.26 Å². The predicted molar refractivity (Wildman–Crippen MR) is 104 cm³/mol. The number of carbonyl (C=O) groups is 1. The lowest BCUT2D eigenvalue weighted by atomic mass is 9.55. The van der Waals surface area contributed by atoms with Crippen molar-refractivity contribution in [3.05, 3.63) is 30.1 Å². The summed E-state index contributed by atoms with van der Waals surface area (Å²) >= 11 is 0. The van der Waals surface area contributed by atoms with Crippen molar-refractivity contribution in [2.45, 2.75) is 67.0 Å². The summed E-state index contributed by atoms with van der Waals surface area (Å²) in [5.74, 6) is -0.550. The molecule has 1 aliphatic heterocycles. The highest BCUT2D eigenvalue weighted by molar-refractivity contribution is 7.89. The first kappa shape index (κ1) is 20.3. The normalized spacial score (nSPS) is 31.2. The number of nitriles is 1. The Hall–Kier alpha value is -2.02. The monoisotopic (exact) mass is 420 g/mol. The summed E-state index contributed by atoms with van der Waals surface area (Å²) in [7, 11) is -3.73. The first-order valence-electron chi connectivity index (χ1n) is 10.0. The molecule has 0 spiro atoms. The maximum atomic E-state index is 13.1. The second-order valence-electron chi connectivity index (χ2n) is 8.55. The van der Waals surface area contributed by atoms with E-state index in [1.165, 1.54) is 12.1 Å². The van der Waals surface area contributed by atoms with Gasteiger partial charge in [-0.25, -0.2) is 17.5 Å². The SMILES string of the molecule is N#C[C@@H]1CCCN1C(=O)CNC12CCCC(NS(=O)(=O)c3ccc(F)cc3)(C1)C2. The van der Waals surface area contributed by atoms with Crippen LogP contribution in [-0.2, 0) is 14.8 Å². The number of nitrogens with one attached hydrogen (secondary N) is 2. The smallest absolute Gasteiger partial charge is 0.241 e. The van der Waals surface area contributed by atoms with Gasteiger partial charge in [0, 0.05) is 17.6 Å². The van der Waals surface area contributed by atoms with E-state index in [9.17, 15) is 17.6 Å². The second-order valence-corrected chi connectivity index (χ2v) is 10.2. The molecule has 1 saturated heterocycles. The Morgan fingerprint density at radius 1 is 1.21 bits per heavy atom. The van der Waals surface area contributed by atoms with Gasteiger partial charge in [0.1, 0.15) is 11.9 Å². The highest BCUT2D eigenvalue weighted by Crippen LogP contribution is 2.52. The molecule has 29 heavy (non-hydrogen) atoms. The molecule has 0 radical (unpaired) electrons. The fraction of sp³-hybridized carbons (Fsp3) is 0.600. The Morgan fingerprint density at radius 2 is 1.90 bits per heavy atom. The van der Waals surface area contributed by atoms with Crippen LogP contribution in [0.25, 0.3) is 0 Å². The molecular formula is C20H25FN4O3S. The van der Waals surface area contributed by atoms with Crippen LogP contribution in [0.15, 0.2) is 29.2 Å². The molecule has 1 aromatic carbocycles. The number of benzene rings is 1. The number of halogens is 1. The largest absolute Gasteiger partial charge is 0.326 e. The molecule has 1 atom stereocenters. The molecule has 2 bridgehead atoms. The molecule has 4 fully saturated rings. The van der Waals surface area contributed by atoms with Crippen LogP contribution in [0.1, 0.15) is 44.9 Å². The van der Waals surface area contributed by atoms with Crippen LogP contribution in [0, 0.1) is 17.1 Å². The number of hydrogen-bond donors (Lipinski definition) is 2. The third-order valence-electron chi connectivity index (χ3n) is 6.48. The van der Waals surface area contributed by atoms with E-state index >= 15 is 0 Å². The minimum Gasteiger partial charge on any atom is -0.326 e. The molecule has 7 nitrogen and oxygen atoms in total. The minimum atomic E-state index is -3.73. The van der Waals surface area contributed by atoms with Crippen molar-refractivity contribution in [3.8, 4) is 6.07 Å². The zero-order valence-corrected chi connectivity index (χ0v) is 17.0. The van der Waals surface area contributed by atoms with E-state index in [0.717, 1.165) is 44.2 Å². The van der Waals surface area contributed by atoms with E-state index < -0.39 is 21.4 Å². The van der Waals surface area contributed by atoms with E-state index in [0.29, 0.717) is 19.4 Å². The molecule has 5 rings (SSSR count). The van der Waals surface area contributed by atoms with E-state index in [2.05, 4.69) is 16.1 Å². The van der Waals surface area contributed by atoms with Crippen molar-refractivity contribution in [2.24, 2.45) is 0 Å². The van der Waals surface area contributed by atoms with Crippen LogP contribution in [0.4, 0.5) is 4.39 Å². The molecule has 3 aliphatic carbocycles. The zero-order valence-electron chi connectivity index (χ0n) is 16.2. The number of likely N-dealkylation sites (tertiary alicyclic amines) is 1. The number of rotatable bonds is 6. The summed E-state index contributed by atoms with van der Waals surface area (Å²) < 4.78 is 41.4. The molecule has 0 aromatic heterocycles. The highest BCUT2D eigenvalue weighted by Gasteiger charge is 2.58. The van der Waals surface area contributed by atoms with Gasteiger partial charge in [0.25, 0.3) is 0 Å². The number of nitrogens with zero attached hydrogens (tertiary/aromatic N) is 2. The van der Waals surface area contributed by atoms with Gasteiger partial charge < -0.3 is 10.2 Å². The molecular weight excluding hydrogens is 395 g/mol. The van der Waals surface area contributed by atoms with Gasteiger partial charge in [0.2, 0.25) is 15.9 Å². The van der Waals surface area contributed by atoms with Crippen molar-refractivity contribution >= 4 is 15.9 Å². The van der Waals surface area contributed by atoms with Crippen molar-refractivity contribution in [3.63, 3.8) is 0 Å². The van der Waals surface area contributed by atoms with E-state index in [1.54, 1.807) is 4.90 Å². The molecule has 156 valence electrons. The van der Waals surface area contributed by atoms with E-state index in [4.69, 9.17) is 5.26 Å². The van der Waals surface area contributed by atoms with Gasteiger partial charge in [0.15, 0.2) is 0 Å². The third kappa shape index (κ3) is 3.89. The summed E-state index contributed by atoms with van der Waals surface area (Å²) in [6.45, 7) is 0.784. The van der Waals surface area contributed by atoms with E-state index in [-0.39, 0.29) is 28.9 Å².